The number of nitrogens with zero attached hydrogens (tertiary/aromatic N) is 1. The quantitative estimate of drug-likeness (QED) is 0.903. The summed E-state index contributed by atoms with van der Waals surface area (Å²) in [5.41, 5.74) is 1.14. The lowest BCUT2D eigenvalue weighted by Crippen LogP contribution is -2.53. The second-order valence-electron chi connectivity index (χ2n) is 6.12. The Bertz CT molecular complexity index is 491. The third-order valence-electron chi connectivity index (χ3n) is 4.35. The van der Waals surface area contributed by atoms with Gasteiger partial charge in [-0.3, -0.25) is 4.79 Å². The second-order valence-corrected chi connectivity index (χ2v) is 6.12. The van der Waals surface area contributed by atoms with Gasteiger partial charge in [0.15, 0.2) is 0 Å². The first kappa shape index (κ1) is 14.4. The summed E-state index contributed by atoms with van der Waals surface area (Å²) in [7, 11) is 0. The molecule has 3 rings (SSSR count). The lowest BCUT2D eigenvalue weighted by Gasteiger charge is -2.35. The van der Waals surface area contributed by atoms with Crippen molar-refractivity contribution in [1.29, 1.82) is 0 Å². The average Bonchev–Trinajstić information content (AvgIpc) is 2.95. The molecule has 1 saturated carbocycles. The zero-order valence-electron chi connectivity index (χ0n) is 12.3. The molecule has 0 radical (unpaired) electrons. The largest absolute Gasteiger partial charge is 0.490 e. The Morgan fingerprint density at radius 2 is 2.05 bits per heavy atom. The minimum atomic E-state index is -0.322. The molecule has 0 atom stereocenters. The summed E-state index contributed by atoms with van der Waals surface area (Å²) in [4.78, 5) is 13.6. The molecule has 1 heterocycles. The topological polar surface area (TPSA) is 49.8 Å². The maximum atomic E-state index is 11.9. The van der Waals surface area contributed by atoms with Crippen LogP contribution in [0.2, 0.25) is 0 Å². The monoisotopic (exact) mass is 289 g/mol. The van der Waals surface area contributed by atoms with Crippen LogP contribution in [0.3, 0.4) is 0 Å². The minimum absolute atomic E-state index is 0.127. The third kappa shape index (κ3) is 3.76. The maximum absolute atomic E-state index is 11.9. The molecule has 1 N–H and O–H groups in total. The number of β-amino-alcohol motifs (C(OH)–C–C–N with tert-alkyl or cyclic N) is 1. The normalized spacial score (nSPS) is 19.6. The Balaban J connectivity index is 1.49. The van der Waals surface area contributed by atoms with Crippen LogP contribution in [0.25, 0.3) is 0 Å². The van der Waals surface area contributed by atoms with Crippen LogP contribution in [0, 0.1) is 0 Å². The van der Waals surface area contributed by atoms with Crippen LogP contribution in [0.15, 0.2) is 24.3 Å². The molecule has 1 aliphatic heterocycles. The van der Waals surface area contributed by atoms with E-state index in [1.807, 2.05) is 18.2 Å². The van der Waals surface area contributed by atoms with Crippen molar-refractivity contribution in [2.24, 2.45) is 0 Å². The van der Waals surface area contributed by atoms with Gasteiger partial charge < -0.3 is 14.7 Å². The van der Waals surface area contributed by atoms with Gasteiger partial charge in [0.25, 0.3) is 0 Å². The van der Waals surface area contributed by atoms with E-state index in [4.69, 9.17) is 4.74 Å². The van der Waals surface area contributed by atoms with Gasteiger partial charge in [0.1, 0.15) is 5.75 Å². The van der Waals surface area contributed by atoms with Gasteiger partial charge in [-0.05, 0) is 49.8 Å². The van der Waals surface area contributed by atoms with E-state index in [1.165, 1.54) is 12.8 Å². The summed E-state index contributed by atoms with van der Waals surface area (Å²) < 4.78 is 5.99. The fraction of sp³-hybridized carbons (Fsp3) is 0.588. The number of hydrogen-bond donors (Lipinski definition) is 1. The molecule has 1 aromatic carbocycles. The molecule has 2 aliphatic rings. The highest BCUT2D eigenvalue weighted by atomic mass is 16.5. The highest BCUT2D eigenvalue weighted by Crippen LogP contribution is 2.25. The van der Waals surface area contributed by atoms with E-state index in [2.05, 4.69) is 6.07 Å². The summed E-state index contributed by atoms with van der Waals surface area (Å²) in [6.45, 7) is 0.979. The molecule has 0 spiro atoms. The van der Waals surface area contributed by atoms with E-state index < -0.39 is 0 Å². The van der Waals surface area contributed by atoms with E-state index in [1.54, 1.807) is 4.90 Å². The number of rotatable bonds is 5. The summed E-state index contributed by atoms with van der Waals surface area (Å²) >= 11 is 0. The van der Waals surface area contributed by atoms with Crippen molar-refractivity contribution in [1.82, 2.24) is 4.90 Å². The molecular weight excluding hydrogens is 266 g/mol. The van der Waals surface area contributed by atoms with Gasteiger partial charge in [-0.15, -0.1) is 0 Å². The molecule has 4 heteroatoms. The molecule has 114 valence electrons. The van der Waals surface area contributed by atoms with Crippen molar-refractivity contribution in [3.8, 4) is 5.75 Å². The molecule has 4 nitrogen and oxygen atoms in total. The van der Waals surface area contributed by atoms with Gasteiger partial charge in [-0.1, -0.05) is 12.1 Å². The first-order valence-corrected chi connectivity index (χ1v) is 7.92. The predicted octanol–water partition coefficient (Wildman–Crippen LogP) is 2.14. The van der Waals surface area contributed by atoms with Crippen LogP contribution in [0.4, 0.5) is 0 Å². The van der Waals surface area contributed by atoms with Gasteiger partial charge in [0, 0.05) is 19.5 Å². The van der Waals surface area contributed by atoms with E-state index >= 15 is 0 Å². The van der Waals surface area contributed by atoms with Gasteiger partial charge >= 0.3 is 0 Å². The molecule has 0 bridgehead atoms. The number of carbonyl (C=O) groups is 1. The molecule has 2 fully saturated rings. The van der Waals surface area contributed by atoms with Crippen LogP contribution in [0.5, 0.6) is 5.75 Å². The van der Waals surface area contributed by atoms with Gasteiger partial charge in [-0.2, -0.15) is 0 Å². The molecule has 0 aromatic heterocycles. The number of aliphatic hydroxyl groups excluding tert-OH is 1. The number of aliphatic hydroxyl groups is 1. The van der Waals surface area contributed by atoms with Crippen LogP contribution >= 0.6 is 0 Å². The first-order chi connectivity index (χ1) is 10.2. The smallest absolute Gasteiger partial charge is 0.223 e. The van der Waals surface area contributed by atoms with Crippen LogP contribution in [0.1, 0.15) is 37.7 Å². The number of amides is 1. The predicted molar refractivity (Wildman–Crippen MR) is 80.2 cm³/mol. The summed E-state index contributed by atoms with van der Waals surface area (Å²) in [5.74, 6) is 1.05. The van der Waals surface area contributed by atoms with Gasteiger partial charge in [-0.25, -0.2) is 0 Å². The van der Waals surface area contributed by atoms with Crippen molar-refractivity contribution in [2.75, 3.05) is 13.1 Å². The first-order valence-electron chi connectivity index (χ1n) is 7.92. The minimum Gasteiger partial charge on any atom is -0.490 e. The highest BCUT2D eigenvalue weighted by molar-refractivity contribution is 5.77. The van der Waals surface area contributed by atoms with Gasteiger partial charge in [0.2, 0.25) is 5.91 Å². The zero-order chi connectivity index (χ0) is 14.7. The number of benzene rings is 1. The van der Waals surface area contributed by atoms with Gasteiger partial charge in [0.05, 0.1) is 12.2 Å². The van der Waals surface area contributed by atoms with E-state index in [9.17, 15) is 9.90 Å². The Labute approximate surface area is 125 Å². The van der Waals surface area contributed by atoms with Crippen molar-refractivity contribution in [3.63, 3.8) is 0 Å². The van der Waals surface area contributed by atoms with Crippen LogP contribution < -0.4 is 4.74 Å². The Hall–Kier alpha value is -1.55. The standard InChI is InChI=1S/C17H23NO3/c19-14-11-18(12-14)17(20)9-8-13-4-3-7-16(10-13)21-15-5-1-2-6-15/h3-4,7,10,14-15,19H,1-2,5-6,8-9,11-12H2. The maximum Gasteiger partial charge on any atom is 0.223 e. The van der Waals surface area contributed by atoms with Crippen LogP contribution in [-0.4, -0.2) is 41.2 Å². The summed E-state index contributed by atoms with van der Waals surface area (Å²) in [5, 5.41) is 9.21. The summed E-state index contributed by atoms with van der Waals surface area (Å²) in [6, 6.07) is 8.09. The lowest BCUT2D eigenvalue weighted by atomic mass is 10.1. The zero-order valence-corrected chi connectivity index (χ0v) is 12.3. The van der Waals surface area contributed by atoms with E-state index in [0.29, 0.717) is 25.6 Å². The number of aryl methyl sites for hydroxylation is 1. The van der Waals surface area contributed by atoms with Crippen molar-refractivity contribution in [3.05, 3.63) is 29.8 Å². The molecule has 1 aliphatic carbocycles. The summed E-state index contributed by atoms with van der Waals surface area (Å²) in [6.07, 6.45) is 6.11. The third-order valence-corrected chi connectivity index (χ3v) is 4.35. The van der Waals surface area contributed by atoms with Crippen molar-refractivity contribution < 1.29 is 14.6 Å². The van der Waals surface area contributed by atoms with E-state index in [0.717, 1.165) is 30.6 Å². The van der Waals surface area contributed by atoms with Crippen molar-refractivity contribution >= 4 is 5.91 Å². The average molecular weight is 289 g/mol. The molecule has 21 heavy (non-hydrogen) atoms. The second kappa shape index (κ2) is 6.48. The lowest BCUT2D eigenvalue weighted by molar-refractivity contribution is -0.141. The Morgan fingerprint density at radius 1 is 1.29 bits per heavy atom. The van der Waals surface area contributed by atoms with E-state index in [-0.39, 0.29) is 12.0 Å². The number of likely N-dealkylation sites (tertiary alicyclic amines) is 1. The SMILES string of the molecule is O=C(CCc1cccc(OC2CCCC2)c1)N1CC(O)C1. The molecule has 1 aromatic rings. The van der Waals surface area contributed by atoms with Crippen LogP contribution in [-0.2, 0) is 11.2 Å². The molecule has 0 unspecified atom stereocenters. The van der Waals surface area contributed by atoms with Crippen molar-refractivity contribution in [2.45, 2.75) is 50.7 Å². The number of carbonyl (C=O) groups excluding carboxylic acids is 1. The number of hydrogen-bond acceptors (Lipinski definition) is 3. The fourth-order valence-corrected chi connectivity index (χ4v) is 3.04. The Kier molecular flexibility index (Phi) is 4.44. The Morgan fingerprint density at radius 3 is 2.76 bits per heavy atom. The molecular formula is C17H23NO3. The highest BCUT2D eigenvalue weighted by Gasteiger charge is 2.28. The molecule has 1 saturated heterocycles. The fourth-order valence-electron chi connectivity index (χ4n) is 3.04. The molecule has 1 amide bonds. The number of ether oxygens (including phenoxy) is 1.